The average Bonchev–Trinajstić information content (AvgIpc) is 2.19. The molecule has 1 aliphatic heterocycles. The van der Waals surface area contributed by atoms with Crippen molar-refractivity contribution in [2.75, 3.05) is 6.54 Å². The molecule has 1 atom stereocenters. The highest BCUT2D eigenvalue weighted by Crippen LogP contribution is 2.41. The van der Waals surface area contributed by atoms with Crippen LogP contribution in [0.4, 0.5) is 0 Å². The Balaban J connectivity index is 2.17. The lowest BCUT2D eigenvalue weighted by molar-refractivity contribution is -0.155. The normalized spacial score (nSPS) is 30.8. The van der Waals surface area contributed by atoms with Crippen LogP contribution in [0.5, 0.6) is 0 Å². The van der Waals surface area contributed by atoms with Gasteiger partial charge in [-0.15, -0.1) is 0 Å². The lowest BCUT2D eigenvalue weighted by Gasteiger charge is -2.48. The van der Waals surface area contributed by atoms with Crippen LogP contribution in [0.2, 0.25) is 0 Å². The molecule has 4 heteroatoms. The van der Waals surface area contributed by atoms with Crippen molar-refractivity contribution < 1.29 is 9.59 Å². The van der Waals surface area contributed by atoms with Gasteiger partial charge in [0.1, 0.15) is 11.6 Å². The number of amides is 2. The fraction of sp³-hybridized carbons (Fsp3) is 0.846. The zero-order valence-electron chi connectivity index (χ0n) is 11.2. The Morgan fingerprint density at radius 1 is 1.29 bits per heavy atom. The Bertz CT molecular complexity index is 358. The third-order valence-corrected chi connectivity index (χ3v) is 4.19. The number of nitrogens with zero attached hydrogens (tertiary/aromatic N) is 1. The highest BCUT2D eigenvalue weighted by molar-refractivity contribution is 5.99. The Morgan fingerprint density at radius 3 is 2.35 bits per heavy atom. The fourth-order valence-electron chi connectivity index (χ4n) is 2.70. The second-order valence-electron chi connectivity index (χ2n) is 6.39. The number of carbonyl (C=O) groups excluding carboxylic acids is 2. The van der Waals surface area contributed by atoms with E-state index in [1.54, 1.807) is 18.7 Å². The molecule has 1 aliphatic carbocycles. The van der Waals surface area contributed by atoms with Crippen LogP contribution in [0.25, 0.3) is 0 Å². The maximum atomic E-state index is 12.3. The van der Waals surface area contributed by atoms with Crippen LogP contribution in [0, 0.1) is 5.41 Å². The lowest BCUT2D eigenvalue weighted by Crippen LogP contribution is -2.68. The minimum atomic E-state index is -0.760. The first-order valence-electron chi connectivity index (χ1n) is 6.38. The predicted octanol–water partition coefficient (Wildman–Crippen LogP) is 1.30. The molecule has 1 saturated heterocycles. The van der Waals surface area contributed by atoms with Gasteiger partial charge in [0.15, 0.2) is 0 Å². The van der Waals surface area contributed by atoms with E-state index in [2.05, 4.69) is 12.2 Å². The Hall–Kier alpha value is -1.06. The van der Waals surface area contributed by atoms with Gasteiger partial charge in [-0.3, -0.25) is 9.59 Å². The van der Waals surface area contributed by atoms with Crippen LogP contribution >= 0.6 is 0 Å². The molecule has 1 unspecified atom stereocenters. The maximum Gasteiger partial charge on any atom is 0.248 e. The third kappa shape index (κ3) is 2.05. The van der Waals surface area contributed by atoms with Crippen molar-refractivity contribution in [3.05, 3.63) is 0 Å². The van der Waals surface area contributed by atoms with Crippen molar-refractivity contribution in [1.29, 1.82) is 0 Å². The molecule has 2 fully saturated rings. The third-order valence-electron chi connectivity index (χ3n) is 4.19. The summed E-state index contributed by atoms with van der Waals surface area (Å²) in [4.78, 5) is 25.9. The van der Waals surface area contributed by atoms with Crippen LogP contribution in [-0.4, -0.2) is 34.8 Å². The van der Waals surface area contributed by atoms with E-state index in [4.69, 9.17) is 0 Å². The molecule has 2 rings (SSSR count). The summed E-state index contributed by atoms with van der Waals surface area (Å²) in [7, 11) is 0. The second-order valence-corrected chi connectivity index (χ2v) is 6.39. The van der Waals surface area contributed by atoms with Crippen LogP contribution in [0.1, 0.15) is 47.0 Å². The van der Waals surface area contributed by atoms with Crippen molar-refractivity contribution >= 4 is 11.8 Å². The van der Waals surface area contributed by atoms with Gasteiger partial charge in [0, 0.05) is 6.54 Å². The van der Waals surface area contributed by atoms with E-state index in [1.807, 2.05) is 6.92 Å². The zero-order valence-corrected chi connectivity index (χ0v) is 11.2. The summed E-state index contributed by atoms with van der Waals surface area (Å²) in [6.07, 6.45) is 3.56. The minimum absolute atomic E-state index is 0.0396. The van der Waals surface area contributed by atoms with Crippen molar-refractivity contribution in [2.24, 2.45) is 5.41 Å². The van der Waals surface area contributed by atoms with Crippen LogP contribution in [-0.2, 0) is 9.59 Å². The van der Waals surface area contributed by atoms with E-state index in [0.717, 1.165) is 12.8 Å². The Kier molecular flexibility index (Phi) is 2.71. The van der Waals surface area contributed by atoms with Crippen LogP contribution in [0.3, 0.4) is 0 Å². The molecule has 0 aromatic heterocycles. The second kappa shape index (κ2) is 3.72. The highest BCUT2D eigenvalue weighted by Gasteiger charge is 2.46. The molecule has 1 heterocycles. The molecule has 2 aliphatic rings. The van der Waals surface area contributed by atoms with Crippen LogP contribution in [0.15, 0.2) is 0 Å². The molecule has 0 spiro atoms. The Morgan fingerprint density at radius 2 is 1.88 bits per heavy atom. The molecular formula is C13H22N2O2. The topological polar surface area (TPSA) is 49.4 Å². The van der Waals surface area contributed by atoms with E-state index in [1.165, 1.54) is 6.42 Å². The van der Waals surface area contributed by atoms with E-state index in [-0.39, 0.29) is 23.3 Å². The van der Waals surface area contributed by atoms with E-state index in [0.29, 0.717) is 6.54 Å². The molecule has 0 radical (unpaired) electrons. The summed E-state index contributed by atoms with van der Waals surface area (Å²) in [6, 6.07) is -0.340. The Labute approximate surface area is 103 Å². The summed E-state index contributed by atoms with van der Waals surface area (Å²) in [5, 5.41) is 2.78. The smallest absolute Gasteiger partial charge is 0.248 e. The van der Waals surface area contributed by atoms with Gasteiger partial charge in [0.05, 0.1) is 0 Å². The van der Waals surface area contributed by atoms with Crippen molar-refractivity contribution in [3.63, 3.8) is 0 Å². The first kappa shape index (κ1) is 12.4. The molecule has 96 valence electrons. The van der Waals surface area contributed by atoms with Crippen LogP contribution < -0.4 is 5.32 Å². The number of carbonyl (C=O) groups is 2. The number of hydrogen-bond acceptors (Lipinski definition) is 2. The molecule has 1 saturated carbocycles. The van der Waals surface area contributed by atoms with Gasteiger partial charge in [-0.05, 0) is 39.0 Å². The first-order valence-corrected chi connectivity index (χ1v) is 6.38. The minimum Gasteiger partial charge on any atom is -0.340 e. The van der Waals surface area contributed by atoms with E-state index >= 15 is 0 Å². The predicted molar refractivity (Wildman–Crippen MR) is 65.4 cm³/mol. The maximum absolute atomic E-state index is 12.3. The summed E-state index contributed by atoms with van der Waals surface area (Å²) < 4.78 is 0. The van der Waals surface area contributed by atoms with Gasteiger partial charge < -0.3 is 10.2 Å². The standard InChI is InChI=1S/C13H22N2O2/c1-9-10(16)14-12(2,3)11(17)15(9)8-13(4)6-5-7-13/h9H,5-8H2,1-4H3,(H,14,16). The van der Waals surface area contributed by atoms with Crippen molar-refractivity contribution in [1.82, 2.24) is 10.2 Å². The van der Waals surface area contributed by atoms with Gasteiger partial charge >= 0.3 is 0 Å². The monoisotopic (exact) mass is 238 g/mol. The lowest BCUT2D eigenvalue weighted by atomic mass is 9.69. The molecule has 0 bridgehead atoms. The van der Waals surface area contributed by atoms with Gasteiger partial charge in [-0.2, -0.15) is 0 Å². The SMILES string of the molecule is CC1C(=O)NC(C)(C)C(=O)N1CC1(C)CCC1. The van der Waals surface area contributed by atoms with Crippen molar-refractivity contribution in [2.45, 2.75) is 58.5 Å². The molecule has 17 heavy (non-hydrogen) atoms. The van der Waals surface area contributed by atoms with E-state index in [9.17, 15) is 9.59 Å². The average molecular weight is 238 g/mol. The number of nitrogens with one attached hydrogen (secondary N) is 1. The fourth-order valence-corrected chi connectivity index (χ4v) is 2.70. The van der Waals surface area contributed by atoms with E-state index < -0.39 is 5.54 Å². The highest BCUT2D eigenvalue weighted by atomic mass is 16.2. The number of rotatable bonds is 2. The summed E-state index contributed by atoms with van der Waals surface area (Å²) in [5.74, 6) is -0.00440. The molecule has 2 amide bonds. The van der Waals surface area contributed by atoms with Gasteiger partial charge in [-0.1, -0.05) is 13.3 Å². The quantitative estimate of drug-likeness (QED) is 0.788. The molecule has 4 nitrogen and oxygen atoms in total. The summed E-state index contributed by atoms with van der Waals surface area (Å²) in [6.45, 7) is 8.27. The molecular weight excluding hydrogens is 216 g/mol. The van der Waals surface area contributed by atoms with Crippen molar-refractivity contribution in [3.8, 4) is 0 Å². The largest absolute Gasteiger partial charge is 0.340 e. The van der Waals surface area contributed by atoms with Gasteiger partial charge in [0.2, 0.25) is 11.8 Å². The molecule has 0 aromatic rings. The van der Waals surface area contributed by atoms with Gasteiger partial charge in [-0.25, -0.2) is 0 Å². The number of hydrogen-bond donors (Lipinski definition) is 1. The zero-order chi connectivity index (χ0) is 12.8. The molecule has 1 N–H and O–H groups in total. The molecule has 0 aromatic carbocycles. The van der Waals surface area contributed by atoms with Gasteiger partial charge in [0.25, 0.3) is 0 Å². The number of piperazine rings is 1. The summed E-state index contributed by atoms with van der Waals surface area (Å²) in [5.41, 5.74) is -0.540. The summed E-state index contributed by atoms with van der Waals surface area (Å²) >= 11 is 0. The first-order chi connectivity index (χ1) is 7.75.